The summed E-state index contributed by atoms with van der Waals surface area (Å²) in [5.41, 5.74) is -0.657. The van der Waals surface area contributed by atoms with Crippen molar-refractivity contribution in [2.24, 2.45) is 0 Å². The van der Waals surface area contributed by atoms with Crippen molar-refractivity contribution >= 4 is 23.1 Å². The van der Waals surface area contributed by atoms with Crippen molar-refractivity contribution in [3.63, 3.8) is 0 Å². The fourth-order valence-corrected chi connectivity index (χ4v) is 1.46. The zero-order valence-corrected chi connectivity index (χ0v) is 11.3. The van der Waals surface area contributed by atoms with Crippen LogP contribution in [-0.4, -0.2) is 21.4 Å². The minimum atomic E-state index is -0.597. The minimum Gasteiger partial charge on any atom is -0.361 e. The third-order valence-electron chi connectivity index (χ3n) is 2.11. The van der Waals surface area contributed by atoms with Crippen LogP contribution in [0.15, 0.2) is 12.7 Å². The van der Waals surface area contributed by atoms with Crippen molar-refractivity contribution in [3.8, 4) is 0 Å². The zero-order chi connectivity index (χ0) is 13.9. The van der Waals surface area contributed by atoms with Gasteiger partial charge in [-0.2, -0.15) is 0 Å². The van der Waals surface area contributed by atoms with E-state index in [2.05, 4.69) is 21.9 Å². The minimum absolute atomic E-state index is 0.116. The molecule has 6 nitrogen and oxygen atoms in total. The van der Waals surface area contributed by atoms with Crippen LogP contribution < -0.4 is 5.32 Å². The van der Waals surface area contributed by atoms with Crippen molar-refractivity contribution in [2.75, 3.05) is 11.9 Å². The predicted octanol–water partition coefficient (Wildman–Crippen LogP) is 2.93. The summed E-state index contributed by atoms with van der Waals surface area (Å²) in [4.78, 5) is 18.5. The molecule has 7 heteroatoms. The lowest BCUT2D eigenvalue weighted by Gasteiger charge is -2.17. The number of nitrogens with zero attached hydrogens (tertiary/aromatic N) is 3. The van der Waals surface area contributed by atoms with Gasteiger partial charge in [-0.1, -0.05) is 38.4 Å². The molecule has 0 saturated heterocycles. The van der Waals surface area contributed by atoms with Gasteiger partial charge in [-0.3, -0.25) is 10.1 Å². The van der Waals surface area contributed by atoms with Crippen LogP contribution >= 0.6 is 11.6 Å². The van der Waals surface area contributed by atoms with Crippen LogP contribution in [0.1, 0.15) is 26.6 Å². The highest BCUT2D eigenvalue weighted by Crippen LogP contribution is 2.32. The molecule has 0 aromatic carbocycles. The fourth-order valence-electron chi connectivity index (χ4n) is 1.22. The molecule has 1 N–H and O–H groups in total. The maximum atomic E-state index is 10.9. The normalized spacial score (nSPS) is 11.1. The van der Waals surface area contributed by atoms with E-state index in [9.17, 15) is 10.1 Å². The Hall–Kier alpha value is -1.69. The van der Waals surface area contributed by atoms with Gasteiger partial charge in [-0.15, -0.1) is 6.58 Å². The second-order valence-corrected chi connectivity index (χ2v) is 5.07. The molecule has 0 aliphatic rings. The second-order valence-electron chi connectivity index (χ2n) is 4.71. The molecule has 1 rings (SSSR count). The molecule has 0 amide bonds. The van der Waals surface area contributed by atoms with Crippen LogP contribution in [0, 0.1) is 10.1 Å². The molecule has 0 atom stereocenters. The Balaban J connectivity index is 3.36. The summed E-state index contributed by atoms with van der Waals surface area (Å²) >= 11 is 5.86. The first-order chi connectivity index (χ1) is 8.27. The molecule has 0 aliphatic heterocycles. The van der Waals surface area contributed by atoms with Crippen molar-refractivity contribution in [1.29, 1.82) is 0 Å². The van der Waals surface area contributed by atoms with Gasteiger partial charge in [-0.25, -0.2) is 9.97 Å². The summed E-state index contributed by atoms with van der Waals surface area (Å²) in [5, 5.41) is 13.6. The van der Waals surface area contributed by atoms with Crippen LogP contribution in [0.3, 0.4) is 0 Å². The molecule has 1 aromatic rings. The first kappa shape index (κ1) is 14.4. The molecule has 0 unspecified atom stereocenters. The molecule has 0 aliphatic carbocycles. The Morgan fingerprint density at radius 3 is 2.56 bits per heavy atom. The van der Waals surface area contributed by atoms with Gasteiger partial charge < -0.3 is 5.32 Å². The summed E-state index contributed by atoms with van der Waals surface area (Å²) in [6.07, 6.45) is 1.58. The van der Waals surface area contributed by atoms with Gasteiger partial charge in [0.05, 0.1) is 4.92 Å². The van der Waals surface area contributed by atoms with Crippen LogP contribution in [0.2, 0.25) is 5.15 Å². The van der Waals surface area contributed by atoms with Gasteiger partial charge in [-0.05, 0) is 0 Å². The smallest absolute Gasteiger partial charge is 0.348 e. The van der Waals surface area contributed by atoms with E-state index in [1.165, 1.54) is 0 Å². The Kier molecular flexibility index (Phi) is 4.24. The van der Waals surface area contributed by atoms with E-state index >= 15 is 0 Å². The number of nitro groups is 1. The Labute approximate surface area is 110 Å². The van der Waals surface area contributed by atoms with Crippen molar-refractivity contribution in [1.82, 2.24) is 9.97 Å². The Morgan fingerprint density at radius 2 is 2.11 bits per heavy atom. The Bertz CT molecular complexity index is 483. The van der Waals surface area contributed by atoms with Crippen LogP contribution in [-0.2, 0) is 5.41 Å². The number of hydrogen-bond donors (Lipinski definition) is 1. The van der Waals surface area contributed by atoms with Crippen molar-refractivity contribution in [3.05, 3.63) is 33.7 Å². The number of aromatic nitrogens is 2. The van der Waals surface area contributed by atoms with E-state index in [4.69, 9.17) is 11.6 Å². The largest absolute Gasteiger partial charge is 0.361 e. The quantitative estimate of drug-likeness (QED) is 0.394. The lowest BCUT2D eigenvalue weighted by Crippen LogP contribution is -2.18. The summed E-state index contributed by atoms with van der Waals surface area (Å²) in [5.74, 6) is 0.564. The summed E-state index contributed by atoms with van der Waals surface area (Å²) in [7, 11) is 0. The standard InChI is InChI=1S/C11H15ClN4O2/c1-5-6-13-9-7(16(17)18)8(12)14-10(15-9)11(2,3)4/h5H,1,6H2,2-4H3,(H,13,14,15). The molecular formula is C11H15ClN4O2. The second kappa shape index (κ2) is 5.30. The van der Waals surface area contributed by atoms with Crippen molar-refractivity contribution < 1.29 is 4.92 Å². The third kappa shape index (κ3) is 3.16. The maximum Gasteiger partial charge on any atom is 0.348 e. The summed E-state index contributed by atoms with van der Waals surface area (Å²) in [6.45, 7) is 9.61. The average Bonchev–Trinajstić information content (AvgIpc) is 2.23. The van der Waals surface area contributed by atoms with E-state index in [0.29, 0.717) is 12.4 Å². The summed E-state index contributed by atoms with van der Waals surface area (Å²) in [6, 6.07) is 0. The van der Waals surface area contributed by atoms with Gasteiger partial charge in [0.25, 0.3) is 0 Å². The molecule has 1 heterocycles. The molecule has 18 heavy (non-hydrogen) atoms. The lowest BCUT2D eigenvalue weighted by atomic mass is 9.96. The van der Waals surface area contributed by atoms with Crippen LogP contribution in [0.25, 0.3) is 0 Å². The summed E-state index contributed by atoms with van der Waals surface area (Å²) < 4.78 is 0. The SMILES string of the molecule is C=CCNc1nc(C(C)(C)C)nc(Cl)c1[N+](=O)[O-]. The molecular weight excluding hydrogens is 256 g/mol. The van der Waals surface area contributed by atoms with E-state index in [1.54, 1.807) is 6.08 Å². The highest BCUT2D eigenvalue weighted by atomic mass is 35.5. The monoisotopic (exact) mass is 270 g/mol. The van der Waals surface area contributed by atoms with Gasteiger partial charge in [0, 0.05) is 12.0 Å². The van der Waals surface area contributed by atoms with Crippen LogP contribution in [0.4, 0.5) is 11.5 Å². The van der Waals surface area contributed by atoms with Crippen LogP contribution in [0.5, 0.6) is 0 Å². The van der Waals surface area contributed by atoms with Gasteiger partial charge in [0.2, 0.25) is 11.0 Å². The molecule has 0 spiro atoms. The number of nitrogens with one attached hydrogen (secondary N) is 1. The van der Waals surface area contributed by atoms with Gasteiger partial charge in [0.15, 0.2) is 0 Å². The zero-order valence-electron chi connectivity index (χ0n) is 10.5. The molecule has 0 bridgehead atoms. The molecule has 1 aromatic heterocycles. The number of rotatable bonds is 4. The lowest BCUT2D eigenvalue weighted by molar-refractivity contribution is -0.384. The van der Waals surface area contributed by atoms with E-state index in [0.717, 1.165) is 0 Å². The molecule has 0 saturated carbocycles. The predicted molar refractivity (Wildman–Crippen MR) is 71.1 cm³/mol. The number of halogens is 1. The third-order valence-corrected chi connectivity index (χ3v) is 2.37. The number of hydrogen-bond acceptors (Lipinski definition) is 5. The Morgan fingerprint density at radius 1 is 1.50 bits per heavy atom. The first-order valence-corrected chi connectivity index (χ1v) is 5.72. The maximum absolute atomic E-state index is 10.9. The highest BCUT2D eigenvalue weighted by Gasteiger charge is 2.27. The van der Waals surface area contributed by atoms with E-state index in [-0.39, 0.29) is 22.1 Å². The average molecular weight is 271 g/mol. The van der Waals surface area contributed by atoms with Crippen molar-refractivity contribution in [2.45, 2.75) is 26.2 Å². The molecule has 98 valence electrons. The highest BCUT2D eigenvalue weighted by molar-refractivity contribution is 6.31. The first-order valence-electron chi connectivity index (χ1n) is 5.34. The topological polar surface area (TPSA) is 81.0 Å². The molecule has 0 radical (unpaired) electrons. The number of anilines is 1. The van der Waals surface area contributed by atoms with E-state index < -0.39 is 4.92 Å². The van der Waals surface area contributed by atoms with E-state index in [1.807, 2.05) is 20.8 Å². The molecule has 0 fully saturated rings. The fraction of sp³-hybridized carbons (Fsp3) is 0.455. The van der Waals surface area contributed by atoms with Gasteiger partial charge in [0.1, 0.15) is 5.82 Å². The van der Waals surface area contributed by atoms with Gasteiger partial charge >= 0.3 is 5.69 Å².